The van der Waals surface area contributed by atoms with Gasteiger partial charge in [-0.1, -0.05) is 42.8 Å². The number of hydrogen-bond donors (Lipinski definition) is 5. The van der Waals surface area contributed by atoms with Gasteiger partial charge in [0, 0.05) is 66.2 Å². The van der Waals surface area contributed by atoms with Crippen molar-refractivity contribution in [2.45, 2.75) is 37.5 Å². The number of fused-ring (bicyclic) bond motifs is 2. The second-order valence-corrected chi connectivity index (χ2v) is 14.7. The molecule has 0 aliphatic rings. The molecule has 15 heteroatoms. The first-order valence-electron chi connectivity index (χ1n) is 18.3. The van der Waals surface area contributed by atoms with Crippen molar-refractivity contribution in [1.29, 1.82) is 0 Å². The Morgan fingerprint density at radius 2 is 1.68 bits per heavy atom. The van der Waals surface area contributed by atoms with Crippen molar-refractivity contribution in [1.82, 2.24) is 24.8 Å². The van der Waals surface area contributed by atoms with Crippen molar-refractivity contribution >= 4 is 69.0 Å². The van der Waals surface area contributed by atoms with Crippen LogP contribution in [0.25, 0.3) is 33.1 Å². The van der Waals surface area contributed by atoms with Gasteiger partial charge in [-0.2, -0.15) is 0 Å². The Balaban J connectivity index is 0.879. The van der Waals surface area contributed by atoms with E-state index in [0.717, 1.165) is 34.3 Å². The summed E-state index contributed by atoms with van der Waals surface area (Å²) in [6, 6.07) is 21.7. The van der Waals surface area contributed by atoms with E-state index in [0.29, 0.717) is 82.5 Å². The number of amides is 2. The van der Waals surface area contributed by atoms with Crippen LogP contribution in [0.4, 0.5) is 5.69 Å². The van der Waals surface area contributed by atoms with Crippen molar-refractivity contribution in [2.24, 2.45) is 14.1 Å². The minimum Gasteiger partial charge on any atom is -0.492 e. The van der Waals surface area contributed by atoms with Gasteiger partial charge in [0.15, 0.2) is 5.75 Å². The zero-order chi connectivity index (χ0) is 40.6. The van der Waals surface area contributed by atoms with Crippen LogP contribution in [0, 0.1) is 0 Å². The third-order valence-electron chi connectivity index (χ3n) is 9.26. The third kappa shape index (κ3) is 9.83. The van der Waals surface area contributed by atoms with Gasteiger partial charge in [-0.3, -0.25) is 18.7 Å². The van der Waals surface area contributed by atoms with Crippen molar-refractivity contribution in [3.05, 3.63) is 118 Å². The number of ether oxygens (including phenoxy) is 2. The number of anilines is 1. The molecule has 5 N–H and O–H groups in total. The zero-order valence-corrected chi connectivity index (χ0v) is 33.3. The standard InChI is InChI=1S/C42H43ClN6O7S/c1-25(2)56-38-23-37-36(48(3)42(54)49(37)4)22-35(38)47-57-29-10-8-9-27(19-29)40(51)45-16-7-5-6-11-39(50)44-17-18-55-28-14-12-26(13-15-28)30-20-31-32(41(52)53)24-46-34(31)21-33(30)43/h8-10,12-15,19-24,46-47H,1,5-7,11,16-18H2,2-4H3,(H,44,50)(H,45,51)(H,52,53). The fourth-order valence-electron chi connectivity index (χ4n) is 6.30. The molecular formula is C42H43ClN6O7S. The smallest absolute Gasteiger partial charge is 0.337 e. The highest BCUT2D eigenvalue weighted by atomic mass is 35.5. The summed E-state index contributed by atoms with van der Waals surface area (Å²) in [7, 11) is 3.43. The van der Waals surface area contributed by atoms with Gasteiger partial charge in [0.05, 0.1) is 39.6 Å². The van der Waals surface area contributed by atoms with Crippen LogP contribution in [0.2, 0.25) is 5.02 Å². The molecule has 0 unspecified atom stereocenters. The van der Waals surface area contributed by atoms with E-state index in [4.69, 9.17) is 21.1 Å². The molecule has 0 aliphatic carbocycles. The summed E-state index contributed by atoms with van der Waals surface area (Å²) in [4.78, 5) is 53.1. The number of benzene rings is 4. The average Bonchev–Trinajstić information content (AvgIpc) is 3.70. The number of aromatic nitrogens is 3. The molecule has 0 spiro atoms. The summed E-state index contributed by atoms with van der Waals surface area (Å²) in [5, 5.41) is 16.4. The van der Waals surface area contributed by atoms with E-state index in [-0.39, 0.29) is 23.1 Å². The van der Waals surface area contributed by atoms with Crippen molar-refractivity contribution in [3.63, 3.8) is 0 Å². The summed E-state index contributed by atoms with van der Waals surface area (Å²) < 4.78 is 18.1. The maximum absolute atomic E-state index is 12.9. The molecule has 0 bridgehead atoms. The van der Waals surface area contributed by atoms with E-state index in [1.807, 2.05) is 30.3 Å². The fraction of sp³-hybridized carbons (Fsp3) is 0.238. The van der Waals surface area contributed by atoms with Crippen LogP contribution in [0.5, 0.6) is 11.5 Å². The summed E-state index contributed by atoms with van der Waals surface area (Å²) in [5.41, 5.74) is 4.87. The number of H-pyrrole nitrogens is 1. The molecule has 0 fully saturated rings. The number of allylic oxidation sites excluding steroid dienone is 1. The zero-order valence-electron chi connectivity index (χ0n) is 31.7. The summed E-state index contributed by atoms with van der Waals surface area (Å²) in [6.45, 7) is 6.72. The van der Waals surface area contributed by atoms with Crippen molar-refractivity contribution in [2.75, 3.05) is 24.4 Å². The van der Waals surface area contributed by atoms with Crippen LogP contribution in [0.15, 0.2) is 101 Å². The molecule has 4 aromatic carbocycles. The minimum atomic E-state index is -1.02. The quantitative estimate of drug-likeness (QED) is 0.0329. The number of aryl methyl sites for hydroxylation is 2. The van der Waals surface area contributed by atoms with Gasteiger partial charge < -0.3 is 34.9 Å². The number of rotatable bonds is 18. The lowest BCUT2D eigenvalue weighted by Gasteiger charge is -2.14. The van der Waals surface area contributed by atoms with Crippen LogP contribution in [0.3, 0.4) is 0 Å². The highest BCUT2D eigenvalue weighted by Gasteiger charge is 2.16. The number of carbonyl (C=O) groups is 3. The van der Waals surface area contributed by atoms with Crippen molar-refractivity contribution < 1.29 is 29.0 Å². The third-order valence-corrected chi connectivity index (χ3v) is 10.4. The lowest BCUT2D eigenvalue weighted by atomic mass is 10.0. The molecule has 6 aromatic rings. The van der Waals surface area contributed by atoms with E-state index in [1.165, 1.54) is 18.1 Å². The largest absolute Gasteiger partial charge is 0.492 e. The summed E-state index contributed by atoms with van der Waals surface area (Å²) in [5.74, 6) is 0.385. The van der Waals surface area contributed by atoms with Crippen LogP contribution in [-0.4, -0.2) is 56.7 Å². The number of nitrogens with zero attached hydrogens (tertiary/aromatic N) is 2. The number of aromatic amines is 1. The van der Waals surface area contributed by atoms with E-state index in [1.54, 1.807) is 72.6 Å². The molecule has 0 saturated heterocycles. The second-order valence-electron chi connectivity index (χ2n) is 13.4. The Labute approximate surface area is 338 Å². The molecule has 0 aliphatic heterocycles. The number of carbonyl (C=O) groups excluding carboxylic acids is 2. The second kappa shape index (κ2) is 18.2. The molecule has 6 rings (SSSR count). The highest BCUT2D eigenvalue weighted by Crippen LogP contribution is 2.36. The minimum absolute atomic E-state index is 0.0672. The monoisotopic (exact) mass is 810 g/mol. The number of carboxylic acid groups (broad SMARTS) is 1. The molecule has 57 heavy (non-hydrogen) atoms. The van der Waals surface area contributed by atoms with E-state index < -0.39 is 5.97 Å². The van der Waals surface area contributed by atoms with Crippen molar-refractivity contribution in [3.8, 4) is 22.6 Å². The lowest BCUT2D eigenvalue weighted by molar-refractivity contribution is -0.121. The van der Waals surface area contributed by atoms with E-state index in [2.05, 4.69) is 26.9 Å². The maximum atomic E-state index is 12.9. The highest BCUT2D eigenvalue weighted by molar-refractivity contribution is 8.00. The SMILES string of the molecule is C=C(C)Oc1cc2c(cc1NSc1cccc(C(=O)NCCCCCC(=O)NCCOc3ccc(-c4cc5c(C(=O)O)c[nH]c5cc4Cl)cc3)c1)n(C)c(=O)n2C. The number of carboxylic acids is 1. The number of hydrogen-bond acceptors (Lipinski definition) is 8. The number of imidazole rings is 1. The molecule has 13 nitrogen and oxygen atoms in total. The molecule has 2 amide bonds. The maximum Gasteiger partial charge on any atom is 0.337 e. The topological polar surface area (TPSA) is 169 Å². The number of halogens is 1. The fourth-order valence-corrected chi connectivity index (χ4v) is 7.30. The molecule has 0 atom stereocenters. The Bertz CT molecular complexity index is 2520. The Morgan fingerprint density at radius 3 is 2.42 bits per heavy atom. The Morgan fingerprint density at radius 1 is 0.930 bits per heavy atom. The summed E-state index contributed by atoms with van der Waals surface area (Å²) in [6.07, 6.45) is 4.02. The molecule has 0 saturated carbocycles. The normalized spacial score (nSPS) is 11.1. The number of unbranched alkanes of at least 4 members (excludes halogenated alkanes) is 2. The van der Waals surface area contributed by atoms with Crippen LogP contribution >= 0.6 is 23.5 Å². The molecule has 0 radical (unpaired) electrons. The first kappa shape index (κ1) is 40.5. The van der Waals surface area contributed by atoms with Gasteiger partial charge in [-0.15, -0.1) is 0 Å². The predicted molar refractivity (Wildman–Crippen MR) is 225 cm³/mol. The van der Waals surface area contributed by atoms with Gasteiger partial charge in [0.2, 0.25) is 5.91 Å². The molecule has 2 aromatic heterocycles. The lowest BCUT2D eigenvalue weighted by Crippen LogP contribution is -2.28. The van der Waals surface area contributed by atoms with E-state index >= 15 is 0 Å². The predicted octanol–water partition coefficient (Wildman–Crippen LogP) is 7.89. The van der Waals surface area contributed by atoms with Crippen LogP contribution < -0.4 is 30.5 Å². The van der Waals surface area contributed by atoms with Gasteiger partial charge >= 0.3 is 11.7 Å². The van der Waals surface area contributed by atoms with E-state index in [9.17, 15) is 24.3 Å². The van der Waals surface area contributed by atoms with Gasteiger partial charge in [0.1, 0.15) is 12.4 Å². The van der Waals surface area contributed by atoms with Gasteiger partial charge in [-0.05, 0) is 85.8 Å². The first-order chi connectivity index (χ1) is 27.4. The Hall–Kier alpha value is -6.12. The molecule has 296 valence electrons. The summed E-state index contributed by atoms with van der Waals surface area (Å²) >= 11 is 7.80. The average molecular weight is 811 g/mol. The molecule has 2 heterocycles. The number of aromatic carboxylic acids is 1. The number of nitrogens with one attached hydrogen (secondary N) is 4. The van der Waals surface area contributed by atoms with Crippen LogP contribution in [0.1, 0.15) is 53.3 Å². The first-order valence-corrected chi connectivity index (χ1v) is 19.5. The van der Waals surface area contributed by atoms with Gasteiger partial charge in [-0.25, -0.2) is 9.59 Å². The Kier molecular flexibility index (Phi) is 13.0. The molecular weight excluding hydrogens is 768 g/mol. The van der Waals surface area contributed by atoms with Gasteiger partial charge in [0.25, 0.3) is 5.91 Å². The van der Waals surface area contributed by atoms with Crippen LogP contribution in [-0.2, 0) is 18.9 Å².